The van der Waals surface area contributed by atoms with Gasteiger partial charge in [-0.15, -0.1) is 0 Å². The minimum Gasteiger partial charge on any atom is -0.396 e. The largest absolute Gasteiger partial charge is 0.396 e. The molecule has 2 unspecified atom stereocenters. The van der Waals surface area contributed by atoms with Gasteiger partial charge in [0.25, 0.3) is 0 Å². The van der Waals surface area contributed by atoms with Crippen LogP contribution in [0.3, 0.4) is 0 Å². The highest BCUT2D eigenvalue weighted by Crippen LogP contribution is 2.24. The van der Waals surface area contributed by atoms with Crippen LogP contribution in [0.5, 0.6) is 0 Å². The number of aromatic nitrogens is 2. The van der Waals surface area contributed by atoms with Crippen molar-refractivity contribution in [3.05, 3.63) is 47.8 Å². The third-order valence-electron chi connectivity index (χ3n) is 5.87. The molecule has 2 aliphatic heterocycles. The van der Waals surface area contributed by atoms with E-state index in [0.717, 1.165) is 50.3 Å². The summed E-state index contributed by atoms with van der Waals surface area (Å²) in [5.74, 6) is 1.94. The van der Waals surface area contributed by atoms with Gasteiger partial charge in [0.15, 0.2) is 0 Å². The lowest BCUT2D eigenvalue weighted by Crippen LogP contribution is -2.37. The first-order valence-electron chi connectivity index (χ1n) is 10.4. The second-order valence-electron chi connectivity index (χ2n) is 8.13. The van der Waals surface area contributed by atoms with E-state index in [2.05, 4.69) is 51.4 Å². The summed E-state index contributed by atoms with van der Waals surface area (Å²) in [5, 5.41) is 12.8. The van der Waals surface area contributed by atoms with Crippen molar-refractivity contribution >= 4 is 17.5 Å². The third kappa shape index (κ3) is 4.67. The highest BCUT2D eigenvalue weighted by atomic mass is 16.3. The van der Waals surface area contributed by atoms with E-state index < -0.39 is 0 Å². The van der Waals surface area contributed by atoms with E-state index in [1.54, 1.807) is 6.33 Å². The van der Waals surface area contributed by atoms with Crippen molar-refractivity contribution in [2.75, 3.05) is 36.5 Å². The Morgan fingerprint density at radius 1 is 1.17 bits per heavy atom. The number of aryl methyl sites for hydroxylation is 1. The van der Waals surface area contributed by atoms with Gasteiger partial charge < -0.3 is 20.2 Å². The van der Waals surface area contributed by atoms with E-state index in [1.807, 2.05) is 11.0 Å². The monoisotopic (exact) mass is 395 g/mol. The Labute approximate surface area is 171 Å². The lowest BCUT2D eigenvalue weighted by Gasteiger charge is -2.32. The van der Waals surface area contributed by atoms with Crippen molar-refractivity contribution in [2.24, 2.45) is 5.92 Å². The van der Waals surface area contributed by atoms with Crippen LogP contribution in [-0.4, -0.2) is 58.2 Å². The van der Waals surface area contributed by atoms with Crippen LogP contribution >= 0.6 is 0 Å². The second kappa shape index (κ2) is 8.78. The van der Waals surface area contributed by atoms with Crippen LogP contribution in [0.2, 0.25) is 0 Å². The van der Waals surface area contributed by atoms with Gasteiger partial charge in [-0.05, 0) is 37.7 Å². The Kier molecular flexibility index (Phi) is 5.94. The molecule has 154 valence electrons. The van der Waals surface area contributed by atoms with Gasteiger partial charge in [0.05, 0.1) is 0 Å². The molecule has 0 saturated carbocycles. The highest BCUT2D eigenvalue weighted by Gasteiger charge is 2.32. The van der Waals surface area contributed by atoms with Gasteiger partial charge in [-0.25, -0.2) is 9.97 Å². The average Bonchev–Trinajstić information content (AvgIpc) is 3.09. The van der Waals surface area contributed by atoms with Gasteiger partial charge in [-0.1, -0.05) is 29.8 Å². The summed E-state index contributed by atoms with van der Waals surface area (Å²) in [6.07, 6.45) is 4.41. The number of hydrogen-bond donors (Lipinski definition) is 2. The van der Waals surface area contributed by atoms with Crippen LogP contribution in [0.25, 0.3) is 0 Å². The van der Waals surface area contributed by atoms with Crippen molar-refractivity contribution in [3.63, 3.8) is 0 Å². The molecule has 2 aromatic rings. The number of aliphatic hydroxyl groups excluding tert-OH is 1. The van der Waals surface area contributed by atoms with E-state index in [-0.39, 0.29) is 18.6 Å². The Bertz CT molecular complexity index is 841. The molecular weight excluding hydrogens is 366 g/mol. The van der Waals surface area contributed by atoms with Gasteiger partial charge in [0.2, 0.25) is 5.91 Å². The Morgan fingerprint density at radius 3 is 2.79 bits per heavy atom. The van der Waals surface area contributed by atoms with Crippen molar-refractivity contribution in [3.8, 4) is 0 Å². The van der Waals surface area contributed by atoms with Crippen LogP contribution in [0.1, 0.15) is 30.4 Å². The molecule has 2 aliphatic rings. The fourth-order valence-corrected chi connectivity index (χ4v) is 4.14. The number of nitrogens with zero attached hydrogens (tertiary/aromatic N) is 4. The first-order valence-corrected chi connectivity index (χ1v) is 10.4. The number of benzene rings is 1. The molecule has 1 aromatic carbocycles. The summed E-state index contributed by atoms with van der Waals surface area (Å²) < 4.78 is 0. The number of rotatable bonds is 6. The predicted octanol–water partition coefficient (Wildman–Crippen LogP) is 2.21. The van der Waals surface area contributed by atoms with E-state index in [4.69, 9.17) is 0 Å². The summed E-state index contributed by atoms with van der Waals surface area (Å²) in [7, 11) is 0. The molecule has 1 aromatic heterocycles. The van der Waals surface area contributed by atoms with E-state index in [9.17, 15) is 9.90 Å². The summed E-state index contributed by atoms with van der Waals surface area (Å²) in [6, 6.07) is 9.98. The van der Waals surface area contributed by atoms with Crippen LogP contribution in [0, 0.1) is 12.8 Å². The fraction of sp³-hybridized carbons (Fsp3) is 0.500. The van der Waals surface area contributed by atoms with Crippen LogP contribution in [0.4, 0.5) is 11.6 Å². The van der Waals surface area contributed by atoms with E-state index >= 15 is 0 Å². The summed E-state index contributed by atoms with van der Waals surface area (Å²) in [4.78, 5) is 25.6. The number of carbonyl (C=O) groups excluding carboxylic acids is 1. The number of likely N-dealkylation sites (tertiary alicyclic amines) is 1. The Morgan fingerprint density at radius 2 is 2.00 bits per heavy atom. The number of carbonyl (C=O) groups is 1. The zero-order valence-electron chi connectivity index (χ0n) is 16.9. The molecule has 4 rings (SSSR count). The highest BCUT2D eigenvalue weighted by molar-refractivity contribution is 5.86. The third-order valence-corrected chi connectivity index (χ3v) is 5.87. The van der Waals surface area contributed by atoms with Crippen LogP contribution < -0.4 is 10.2 Å². The molecule has 3 heterocycles. The number of piperidine rings is 1. The first kappa shape index (κ1) is 19.6. The summed E-state index contributed by atoms with van der Waals surface area (Å²) in [6.45, 7) is 5.39. The maximum atomic E-state index is 12.8. The maximum absolute atomic E-state index is 12.8. The molecule has 2 saturated heterocycles. The first-order chi connectivity index (χ1) is 14.1. The van der Waals surface area contributed by atoms with Gasteiger partial charge in [0.1, 0.15) is 24.0 Å². The number of anilines is 2. The summed E-state index contributed by atoms with van der Waals surface area (Å²) >= 11 is 0. The molecule has 7 heteroatoms. The van der Waals surface area contributed by atoms with Crippen LogP contribution in [0.15, 0.2) is 36.7 Å². The van der Waals surface area contributed by atoms with Crippen molar-refractivity contribution in [1.82, 2.24) is 14.9 Å². The molecule has 0 radical (unpaired) electrons. The molecule has 0 bridgehead atoms. The number of aliphatic hydroxyl groups is 1. The lowest BCUT2D eigenvalue weighted by atomic mass is 9.99. The maximum Gasteiger partial charge on any atom is 0.245 e. The SMILES string of the molecule is Cc1ccc(CN2CCC(Nc3cc(N4CCCC(CO)C4)ncn3)C2=O)cc1. The van der Waals surface area contributed by atoms with Crippen molar-refractivity contribution < 1.29 is 9.90 Å². The summed E-state index contributed by atoms with van der Waals surface area (Å²) in [5.41, 5.74) is 2.37. The minimum absolute atomic E-state index is 0.115. The molecule has 2 N–H and O–H groups in total. The van der Waals surface area contributed by atoms with E-state index in [1.165, 1.54) is 5.56 Å². The molecule has 1 amide bonds. The number of hydrogen-bond acceptors (Lipinski definition) is 6. The van der Waals surface area contributed by atoms with E-state index in [0.29, 0.717) is 18.3 Å². The zero-order chi connectivity index (χ0) is 20.2. The molecular formula is C22H29N5O2. The molecule has 29 heavy (non-hydrogen) atoms. The molecule has 7 nitrogen and oxygen atoms in total. The van der Waals surface area contributed by atoms with Gasteiger partial charge >= 0.3 is 0 Å². The quantitative estimate of drug-likeness (QED) is 0.781. The predicted molar refractivity (Wildman–Crippen MR) is 113 cm³/mol. The van der Waals surface area contributed by atoms with Crippen molar-refractivity contribution in [2.45, 2.75) is 38.8 Å². The minimum atomic E-state index is -0.255. The van der Waals surface area contributed by atoms with Gasteiger partial charge in [-0.2, -0.15) is 0 Å². The smallest absolute Gasteiger partial charge is 0.245 e. The van der Waals surface area contributed by atoms with Crippen LogP contribution in [-0.2, 0) is 11.3 Å². The number of nitrogens with one attached hydrogen (secondary N) is 1. The fourth-order valence-electron chi connectivity index (χ4n) is 4.14. The molecule has 2 fully saturated rings. The Balaban J connectivity index is 1.38. The topological polar surface area (TPSA) is 81.6 Å². The average molecular weight is 396 g/mol. The molecule has 2 atom stereocenters. The van der Waals surface area contributed by atoms with Crippen molar-refractivity contribution in [1.29, 1.82) is 0 Å². The second-order valence-corrected chi connectivity index (χ2v) is 8.13. The van der Waals surface area contributed by atoms with Gasteiger partial charge in [-0.3, -0.25) is 4.79 Å². The standard InChI is InChI=1S/C22H29N5O2/c1-16-4-6-17(7-5-16)12-27-10-8-19(22(27)29)25-20-11-21(24-15-23-20)26-9-2-3-18(13-26)14-28/h4-7,11,15,18-19,28H,2-3,8-10,12-14H2,1H3,(H,23,24,25). The molecule has 0 aliphatic carbocycles. The molecule has 0 spiro atoms. The lowest BCUT2D eigenvalue weighted by molar-refractivity contribution is -0.128. The zero-order valence-corrected chi connectivity index (χ0v) is 16.9. The normalized spacial score (nSPS) is 22.2. The number of amides is 1. The van der Waals surface area contributed by atoms with Gasteiger partial charge in [0, 0.05) is 38.9 Å². The Hall–Kier alpha value is -2.67.